The van der Waals surface area contributed by atoms with Crippen molar-refractivity contribution in [2.75, 3.05) is 14.2 Å². The normalized spacial score (nSPS) is 14.1. The van der Waals surface area contributed by atoms with Crippen molar-refractivity contribution < 1.29 is 4.74 Å². The average Bonchev–Trinajstić information content (AvgIpc) is 2.47. The highest BCUT2D eigenvalue weighted by molar-refractivity contribution is 5.28. The second kappa shape index (κ2) is 6.50. The molecule has 2 atom stereocenters. The zero-order chi connectivity index (χ0) is 13.7. The van der Waals surface area contributed by atoms with Crippen LogP contribution in [-0.2, 0) is 4.74 Å². The Bertz CT molecular complexity index is 492. The Morgan fingerprint density at radius 2 is 1.53 bits per heavy atom. The molecule has 0 saturated carbocycles. The molecule has 0 aliphatic heterocycles. The van der Waals surface area contributed by atoms with Gasteiger partial charge in [0.05, 0.1) is 6.04 Å². The van der Waals surface area contributed by atoms with Crippen LogP contribution >= 0.6 is 0 Å². The molecule has 0 aromatic heterocycles. The maximum atomic E-state index is 5.71. The van der Waals surface area contributed by atoms with Crippen LogP contribution in [0.4, 0.5) is 0 Å². The van der Waals surface area contributed by atoms with Crippen molar-refractivity contribution >= 4 is 0 Å². The van der Waals surface area contributed by atoms with Crippen LogP contribution < -0.4 is 5.32 Å². The van der Waals surface area contributed by atoms with Gasteiger partial charge >= 0.3 is 0 Å². The van der Waals surface area contributed by atoms with Crippen molar-refractivity contribution in [2.24, 2.45) is 0 Å². The largest absolute Gasteiger partial charge is 0.375 e. The van der Waals surface area contributed by atoms with Crippen molar-refractivity contribution in [2.45, 2.75) is 19.1 Å². The number of hydrogen-bond donors (Lipinski definition) is 1. The molecule has 0 spiro atoms. The first-order valence-electron chi connectivity index (χ1n) is 6.58. The second-order valence-electron chi connectivity index (χ2n) is 4.74. The van der Waals surface area contributed by atoms with Crippen LogP contribution in [-0.4, -0.2) is 14.2 Å². The van der Waals surface area contributed by atoms with Gasteiger partial charge < -0.3 is 10.1 Å². The predicted molar refractivity (Wildman–Crippen MR) is 79.2 cm³/mol. The molecular formula is C17H21NO. The van der Waals surface area contributed by atoms with Gasteiger partial charge in [0.15, 0.2) is 0 Å². The molecule has 0 bridgehead atoms. The highest BCUT2D eigenvalue weighted by atomic mass is 16.5. The van der Waals surface area contributed by atoms with Crippen molar-refractivity contribution in [1.82, 2.24) is 5.32 Å². The molecule has 0 fully saturated rings. The fourth-order valence-corrected chi connectivity index (χ4v) is 2.37. The summed E-state index contributed by atoms with van der Waals surface area (Å²) in [4.78, 5) is 0. The van der Waals surface area contributed by atoms with Crippen molar-refractivity contribution in [3.05, 3.63) is 71.3 Å². The van der Waals surface area contributed by atoms with Crippen LogP contribution in [0, 0.1) is 6.92 Å². The number of methoxy groups -OCH3 is 1. The third-order valence-electron chi connectivity index (χ3n) is 3.43. The Hall–Kier alpha value is -1.64. The van der Waals surface area contributed by atoms with E-state index in [4.69, 9.17) is 4.74 Å². The summed E-state index contributed by atoms with van der Waals surface area (Å²) in [7, 11) is 3.73. The van der Waals surface area contributed by atoms with Gasteiger partial charge in [-0.3, -0.25) is 0 Å². The molecule has 2 unspecified atom stereocenters. The van der Waals surface area contributed by atoms with E-state index in [1.165, 1.54) is 16.7 Å². The lowest BCUT2D eigenvalue weighted by Gasteiger charge is -2.26. The van der Waals surface area contributed by atoms with Gasteiger partial charge in [-0.2, -0.15) is 0 Å². The highest BCUT2D eigenvalue weighted by Crippen LogP contribution is 2.31. The highest BCUT2D eigenvalue weighted by Gasteiger charge is 2.22. The van der Waals surface area contributed by atoms with E-state index >= 15 is 0 Å². The van der Waals surface area contributed by atoms with E-state index in [-0.39, 0.29) is 12.1 Å². The third kappa shape index (κ3) is 3.22. The lowest BCUT2D eigenvalue weighted by atomic mass is 9.95. The standard InChI is InChI=1S/C17H21NO/c1-13-9-11-14(12-10-13)16(18-2)17(19-3)15-7-5-4-6-8-15/h4-12,16-18H,1-3H3. The van der Waals surface area contributed by atoms with E-state index in [0.717, 1.165) is 0 Å². The molecule has 2 rings (SSSR count). The third-order valence-corrected chi connectivity index (χ3v) is 3.43. The number of nitrogens with one attached hydrogen (secondary N) is 1. The van der Waals surface area contributed by atoms with Crippen LogP contribution in [0.2, 0.25) is 0 Å². The molecule has 2 heteroatoms. The predicted octanol–water partition coefficient (Wildman–Crippen LogP) is 3.64. The van der Waals surface area contributed by atoms with E-state index in [2.05, 4.69) is 48.6 Å². The van der Waals surface area contributed by atoms with Gasteiger partial charge in [0.25, 0.3) is 0 Å². The molecule has 0 radical (unpaired) electrons. The number of benzene rings is 2. The van der Waals surface area contributed by atoms with Gasteiger partial charge in [-0.1, -0.05) is 60.2 Å². The van der Waals surface area contributed by atoms with E-state index in [0.29, 0.717) is 0 Å². The SMILES string of the molecule is CNC(c1ccc(C)cc1)C(OC)c1ccccc1. The zero-order valence-corrected chi connectivity index (χ0v) is 11.8. The molecular weight excluding hydrogens is 234 g/mol. The zero-order valence-electron chi connectivity index (χ0n) is 11.8. The van der Waals surface area contributed by atoms with E-state index in [1.807, 2.05) is 25.2 Å². The van der Waals surface area contributed by atoms with Crippen LogP contribution in [0.15, 0.2) is 54.6 Å². The van der Waals surface area contributed by atoms with Crippen molar-refractivity contribution in [3.63, 3.8) is 0 Å². The summed E-state index contributed by atoms with van der Waals surface area (Å²) in [5, 5.41) is 3.36. The number of ether oxygens (including phenoxy) is 1. The topological polar surface area (TPSA) is 21.3 Å². The van der Waals surface area contributed by atoms with Gasteiger partial charge in [0.2, 0.25) is 0 Å². The summed E-state index contributed by atoms with van der Waals surface area (Å²) in [6.45, 7) is 2.10. The summed E-state index contributed by atoms with van der Waals surface area (Å²) in [5.41, 5.74) is 3.70. The quantitative estimate of drug-likeness (QED) is 0.880. The minimum atomic E-state index is 0.00825. The number of rotatable bonds is 5. The molecule has 100 valence electrons. The molecule has 0 heterocycles. The summed E-state index contributed by atoms with van der Waals surface area (Å²) >= 11 is 0. The smallest absolute Gasteiger partial charge is 0.102 e. The first-order chi connectivity index (χ1) is 9.26. The molecule has 1 N–H and O–H groups in total. The fraction of sp³-hybridized carbons (Fsp3) is 0.294. The van der Waals surface area contributed by atoms with Gasteiger partial charge in [0, 0.05) is 7.11 Å². The van der Waals surface area contributed by atoms with Crippen molar-refractivity contribution in [1.29, 1.82) is 0 Å². The average molecular weight is 255 g/mol. The van der Waals surface area contributed by atoms with Crippen LogP contribution in [0.1, 0.15) is 28.8 Å². The van der Waals surface area contributed by atoms with Gasteiger partial charge in [0.1, 0.15) is 6.10 Å². The van der Waals surface area contributed by atoms with Crippen LogP contribution in [0.25, 0.3) is 0 Å². The van der Waals surface area contributed by atoms with Crippen LogP contribution in [0.3, 0.4) is 0 Å². The Labute approximate surface area is 115 Å². The first-order valence-corrected chi connectivity index (χ1v) is 6.58. The molecule has 0 aliphatic carbocycles. The molecule has 2 nitrogen and oxygen atoms in total. The monoisotopic (exact) mass is 255 g/mol. The Balaban J connectivity index is 2.31. The minimum Gasteiger partial charge on any atom is -0.375 e. The molecule has 19 heavy (non-hydrogen) atoms. The minimum absolute atomic E-state index is 0.00825. The summed E-state index contributed by atoms with van der Waals surface area (Å²) in [6, 6.07) is 19.1. The lowest BCUT2D eigenvalue weighted by Crippen LogP contribution is -2.25. The molecule has 0 aliphatic rings. The number of aryl methyl sites for hydroxylation is 1. The van der Waals surface area contributed by atoms with Gasteiger partial charge in [-0.15, -0.1) is 0 Å². The van der Waals surface area contributed by atoms with E-state index in [9.17, 15) is 0 Å². The maximum absolute atomic E-state index is 5.71. The van der Waals surface area contributed by atoms with E-state index < -0.39 is 0 Å². The van der Waals surface area contributed by atoms with Gasteiger partial charge in [-0.05, 0) is 25.1 Å². The number of hydrogen-bond acceptors (Lipinski definition) is 2. The van der Waals surface area contributed by atoms with Gasteiger partial charge in [-0.25, -0.2) is 0 Å². The molecule has 2 aromatic rings. The summed E-state index contributed by atoms with van der Waals surface area (Å²) in [6.07, 6.45) is 0.00825. The first kappa shape index (κ1) is 13.8. The molecule has 0 amide bonds. The lowest BCUT2D eigenvalue weighted by molar-refractivity contribution is 0.0702. The maximum Gasteiger partial charge on any atom is 0.102 e. The fourth-order valence-electron chi connectivity index (χ4n) is 2.37. The molecule has 2 aromatic carbocycles. The summed E-state index contributed by atoms with van der Waals surface area (Å²) in [5.74, 6) is 0. The number of likely N-dealkylation sites (N-methyl/N-ethyl adjacent to an activating group) is 1. The Kier molecular flexibility index (Phi) is 4.72. The van der Waals surface area contributed by atoms with E-state index in [1.54, 1.807) is 7.11 Å². The van der Waals surface area contributed by atoms with Crippen LogP contribution in [0.5, 0.6) is 0 Å². The summed E-state index contributed by atoms with van der Waals surface area (Å²) < 4.78 is 5.71. The molecule has 0 saturated heterocycles. The van der Waals surface area contributed by atoms with Crippen molar-refractivity contribution in [3.8, 4) is 0 Å². The Morgan fingerprint density at radius 3 is 2.05 bits per heavy atom. The second-order valence-corrected chi connectivity index (χ2v) is 4.74. The Morgan fingerprint density at radius 1 is 0.895 bits per heavy atom.